The summed E-state index contributed by atoms with van der Waals surface area (Å²) < 4.78 is 12.8. The standard InChI is InChI=1S/C33H52N2O6/c1-9-32-15-12-10-11-13-18-40-29(39)25(32)24-27(37)35(23(20-36)19-22(2)3)26-28(38)34(17-14-16-33(24,26)41-32)31(7,8)21-30(4,5)6/h12,14-16,22-26,36H,9-11,13,17-21H2,1-8H3/b15-12-/t23-,24+,25+,26?,32-,33+/m1/s1. The predicted octanol–water partition coefficient (Wildman–Crippen LogP) is 4.65. The summed E-state index contributed by atoms with van der Waals surface area (Å²) in [6.07, 6.45) is 12.0. The molecule has 4 aliphatic rings. The van der Waals surface area contributed by atoms with Gasteiger partial charge >= 0.3 is 5.97 Å². The molecule has 0 aliphatic carbocycles. The lowest BCUT2D eigenvalue weighted by atomic mass is 9.73. The van der Waals surface area contributed by atoms with Crippen molar-refractivity contribution in [2.24, 2.45) is 23.2 Å². The first-order valence-corrected chi connectivity index (χ1v) is 15.6. The van der Waals surface area contributed by atoms with Gasteiger partial charge in [0.2, 0.25) is 11.8 Å². The molecule has 2 amide bonds. The summed E-state index contributed by atoms with van der Waals surface area (Å²) in [6, 6.07) is -1.58. The van der Waals surface area contributed by atoms with Crippen LogP contribution in [0.5, 0.6) is 0 Å². The van der Waals surface area contributed by atoms with Crippen LogP contribution in [0.25, 0.3) is 0 Å². The zero-order chi connectivity index (χ0) is 30.4. The molecule has 1 unspecified atom stereocenters. The number of aliphatic hydroxyl groups is 1. The molecule has 0 bridgehead atoms. The fraction of sp³-hybridized carbons (Fsp3) is 0.788. The summed E-state index contributed by atoms with van der Waals surface area (Å²) in [6.45, 7) is 17.0. The van der Waals surface area contributed by atoms with E-state index in [-0.39, 0.29) is 29.8 Å². The number of ether oxygens (including phenoxy) is 2. The number of rotatable bonds is 7. The Morgan fingerprint density at radius 2 is 1.73 bits per heavy atom. The Hall–Kier alpha value is -2.19. The van der Waals surface area contributed by atoms with Crippen LogP contribution in [-0.2, 0) is 23.9 Å². The number of allylic oxidation sites excluding steroid dienone is 1. The van der Waals surface area contributed by atoms with Gasteiger partial charge in [0, 0.05) is 12.1 Å². The molecule has 4 aliphatic heterocycles. The number of nitrogens with zero attached hydrogens (tertiary/aromatic N) is 2. The van der Waals surface area contributed by atoms with E-state index < -0.39 is 46.6 Å². The van der Waals surface area contributed by atoms with E-state index in [4.69, 9.17) is 9.47 Å². The Labute approximate surface area is 246 Å². The fourth-order valence-electron chi connectivity index (χ4n) is 8.13. The van der Waals surface area contributed by atoms with Gasteiger partial charge in [-0.25, -0.2) is 0 Å². The molecule has 0 radical (unpaired) electrons. The number of fused-ring (bicyclic) bond motifs is 2. The van der Waals surface area contributed by atoms with E-state index in [1.165, 1.54) is 0 Å². The average molecular weight is 573 g/mol. The van der Waals surface area contributed by atoms with Crippen LogP contribution in [0.15, 0.2) is 24.3 Å². The number of carbonyl (C=O) groups excluding carboxylic acids is 3. The van der Waals surface area contributed by atoms with E-state index in [1.54, 1.807) is 4.90 Å². The van der Waals surface area contributed by atoms with Crippen molar-refractivity contribution in [2.75, 3.05) is 19.8 Å². The molecule has 41 heavy (non-hydrogen) atoms. The molecule has 4 heterocycles. The smallest absolute Gasteiger partial charge is 0.313 e. The topological polar surface area (TPSA) is 96.4 Å². The third kappa shape index (κ3) is 5.63. The van der Waals surface area contributed by atoms with E-state index in [1.807, 2.05) is 43.9 Å². The van der Waals surface area contributed by atoms with Crippen LogP contribution >= 0.6 is 0 Å². The van der Waals surface area contributed by atoms with Gasteiger partial charge in [0.1, 0.15) is 23.2 Å². The molecule has 4 rings (SSSR count). The van der Waals surface area contributed by atoms with E-state index in [0.717, 1.165) is 25.7 Å². The summed E-state index contributed by atoms with van der Waals surface area (Å²) in [5.74, 6) is -2.62. The molecule has 0 aromatic heterocycles. The molecule has 0 saturated carbocycles. The van der Waals surface area contributed by atoms with Gasteiger partial charge < -0.3 is 24.4 Å². The Balaban J connectivity index is 1.92. The van der Waals surface area contributed by atoms with E-state index >= 15 is 0 Å². The first-order chi connectivity index (χ1) is 19.1. The maximum atomic E-state index is 14.9. The normalized spacial score (nSPS) is 34.2. The van der Waals surface area contributed by atoms with Crippen molar-refractivity contribution < 1.29 is 29.0 Å². The first-order valence-electron chi connectivity index (χ1n) is 15.6. The highest BCUT2D eigenvalue weighted by Crippen LogP contribution is 2.59. The van der Waals surface area contributed by atoms with Gasteiger partial charge in [0.05, 0.1) is 25.2 Å². The molecule has 0 aromatic rings. The third-order valence-electron chi connectivity index (χ3n) is 9.36. The SMILES string of the molecule is CC[C@@]12/C=C\CCCCOC(=O)[C@@H]1[C@H]1C(=O)N([C@@H](CO)CC(C)C)C3C(=O)N(C(C)(C)CC(C)(C)C)CC=C[C@@]31O2. The maximum Gasteiger partial charge on any atom is 0.313 e. The molecule has 0 aromatic carbocycles. The molecule has 230 valence electrons. The minimum absolute atomic E-state index is 0.0381. The third-order valence-corrected chi connectivity index (χ3v) is 9.36. The Bertz CT molecular complexity index is 1070. The fourth-order valence-corrected chi connectivity index (χ4v) is 8.13. The van der Waals surface area contributed by atoms with Crippen LogP contribution in [0.2, 0.25) is 0 Å². The molecular weight excluding hydrogens is 520 g/mol. The Morgan fingerprint density at radius 3 is 2.34 bits per heavy atom. The lowest BCUT2D eigenvalue weighted by molar-refractivity contribution is -0.165. The van der Waals surface area contributed by atoms with Gasteiger partial charge in [-0.2, -0.15) is 0 Å². The monoisotopic (exact) mass is 572 g/mol. The van der Waals surface area contributed by atoms with Crippen LogP contribution in [0.1, 0.15) is 93.9 Å². The van der Waals surface area contributed by atoms with Crippen molar-refractivity contribution in [3.8, 4) is 0 Å². The second-order valence-electron chi connectivity index (χ2n) is 14.8. The van der Waals surface area contributed by atoms with Gasteiger partial charge in [-0.3, -0.25) is 14.4 Å². The van der Waals surface area contributed by atoms with E-state index in [0.29, 0.717) is 26.0 Å². The van der Waals surface area contributed by atoms with E-state index in [9.17, 15) is 19.5 Å². The Kier molecular flexibility index (Phi) is 8.89. The highest BCUT2D eigenvalue weighted by atomic mass is 16.6. The van der Waals surface area contributed by atoms with E-state index in [2.05, 4.69) is 40.7 Å². The number of likely N-dealkylation sites (tertiary alicyclic amines) is 1. The van der Waals surface area contributed by atoms with Crippen molar-refractivity contribution in [2.45, 2.75) is 123 Å². The number of hydrogen-bond acceptors (Lipinski definition) is 6. The quantitative estimate of drug-likeness (QED) is 0.352. The lowest BCUT2D eigenvalue weighted by Crippen LogP contribution is -2.62. The predicted molar refractivity (Wildman–Crippen MR) is 158 cm³/mol. The van der Waals surface area contributed by atoms with Crippen LogP contribution in [0.3, 0.4) is 0 Å². The number of hydrogen-bond donors (Lipinski definition) is 1. The van der Waals surface area contributed by atoms with Gasteiger partial charge in [0.25, 0.3) is 0 Å². The summed E-state index contributed by atoms with van der Waals surface area (Å²) in [4.78, 5) is 46.8. The minimum Gasteiger partial charge on any atom is -0.465 e. The molecule has 6 atom stereocenters. The van der Waals surface area contributed by atoms with Crippen LogP contribution < -0.4 is 0 Å². The zero-order valence-corrected chi connectivity index (χ0v) is 26.4. The molecular formula is C33H52N2O6. The lowest BCUT2D eigenvalue weighted by Gasteiger charge is -2.46. The largest absolute Gasteiger partial charge is 0.465 e. The molecule has 1 N–H and O–H groups in total. The first kappa shape index (κ1) is 31.7. The minimum atomic E-state index is -1.36. The Morgan fingerprint density at radius 1 is 1.02 bits per heavy atom. The summed E-state index contributed by atoms with van der Waals surface area (Å²) in [5, 5.41) is 10.6. The van der Waals surface area contributed by atoms with Gasteiger partial charge in [0.15, 0.2) is 0 Å². The number of amides is 2. The maximum absolute atomic E-state index is 14.9. The zero-order valence-electron chi connectivity index (χ0n) is 26.4. The van der Waals surface area contributed by atoms with Crippen molar-refractivity contribution in [1.82, 2.24) is 9.80 Å². The van der Waals surface area contributed by atoms with Gasteiger partial charge in [-0.05, 0) is 63.7 Å². The number of esters is 1. The van der Waals surface area contributed by atoms with Crippen molar-refractivity contribution in [1.29, 1.82) is 0 Å². The number of cyclic esters (lactones) is 1. The van der Waals surface area contributed by atoms with Crippen LogP contribution in [-0.4, -0.2) is 81.3 Å². The van der Waals surface area contributed by atoms with Crippen molar-refractivity contribution in [3.63, 3.8) is 0 Å². The molecule has 8 heteroatoms. The van der Waals surface area contributed by atoms with Crippen LogP contribution in [0.4, 0.5) is 0 Å². The highest BCUT2D eigenvalue weighted by Gasteiger charge is 2.76. The molecule has 8 nitrogen and oxygen atoms in total. The average Bonchev–Trinajstić information content (AvgIpc) is 3.22. The summed E-state index contributed by atoms with van der Waals surface area (Å²) >= 11 is 0. The molecule has 1 spiro atoms. The number of aliphatic hydroxyl groups excluding tert-OH is 1. The summed E-state index contributed by atoms with van der Waals surface area (Å²) in [5.41, 5.74) is -2.98. The molecule has 2 fully saturated rings. The molecule has 2 saturated heterocycles. The van der Waals surface area contributed by atoms with Gasteiger partial charge in [-0.1, -0.05) is 65.8 Å². The highest BCUT2D eigenvalue weighted by molar-refractivity contribution is 5.99. The number of carbonyl (C=O) groups is 3. The summed E-state index contributed by atoms with van der Waals surface area (Å²) in [7, 11) is 0. The van der Waals surface area contributed by atoms with Gasteiger partial charge in [-0.15, -0.1) is 0 Å². The van der Waals surface area contributed by atoms with Crippen molar-refractivity contribution >= 4 is 17.8 Å². The second kappa shape index (κ2) is 11.5. The van der Waals surface area contributed by atoms with Crippen molar-refractivity contribution in [3.05, 3.63) is 24.3 Å². The van der Waals surface area contributed by atoms with Crippen LogP contribution in [0, 0.1) is 23.2 Å². The second-order valence-corrected chi connectivity index (χ2v) is 14.8.